The fourth-order valence-electron chi connectivity index (χ4n) is 1.77. The minimum absolute atomic E-state index is 0.00754. The van der Waals surface area contributed by atoms with Crippen LogP contribution in [0, 0.1) is 6.92 Å². The van der Waals surface area contributed by atoms with Crippen molar-refractivity contribution in [2.75, 3.05) is 5.75 Å². The van der Waals surface area contributed by atoms with E-state index in [9.17, 15) is 4.79 Å². The lowest BCUT2D eigenvalue weighted by molar-refractivity contribution is -0.118. The average molecular weight is 309 g/mol. The molecular formula is C12H15N5OS2. The van der Waals surface area contributed by atoms with E-state index >= 15 is 0 Å². The Kier molecular flexibility index (Phi) is 4.02. The zero-order valence-electron chi connectivity index (χ0n) is 11.1. The van der Waals surface area contributed by atoms with Crippen LogP contribution in [-0.2, 0) is 11.3 Å². The number of carbonyl (C=O) groups is 1. The van der Waals surface area contributed by atoms with Crippen LogP contribution < -0.4 is 5.32 Å². The molecule has 0 aliphatic heterocycles. The molecule has 106 valence electrons. The van der Waals surface area contributed by atoms with Crippen LogP contribution in [0.15, 0.2) is 16.6 Å². The maximum Gasteiger partial charge on any atom is 0.230 e. The molecule has 1 aliphatic carbocycles. The highest BCUT2D eigenvalue weighted by Crippen LogP contribution is 2.36. The fraction of sp³-hybridized carbons (Fsp3) is 0.500. The van der Waals surface area contributed by atoms with E-state index in [-0.39, 0.29) is 5.91 Å². The molecule has 2 aromatic heterocycles. The van der Waals surface area contributed by atoms with E-state index in [1.807, 2.05) is 10.1 Å². The van der Waals surface area contributed by atoms with Crippen LogP contribution in [-0.4, -0.2) is 31.9 Å². The van der Waals surface area contributed by atoms with Gasteiger partial charge in [-0.3, -0.25) is 4.79 Å². The summed E-state index contributed by atoms with van der Waals surface area (Å²) < 4.78 is 1.82. The van der Waals surface area contributed by atoms with Gasteiger partial charge in [0.05, 0.1) is 18.3 Å². The SMILES string of the molecule is Cc1ccsc1CNC(=O)CSc1nnnn1C1CC1. The second kappa shape index (κ2) is 5.92. The van der Waals surface area contributed by atoms with Gasteiger partial charge in [0, 0.05) is 4.88 Å². The Labute approximate surface area is 124 Å². The van der Waals surface area contributed by atoms with Gasteiger partial charge in [-0.25, -0.2) is 4.68 Å². The van der Waals surface area contributed by atoms with E-state index in [4.69, 9.17) is 0 Å². The molecule has 0 saturated heterocycles. The summed E-state index contributed by atoms with van der Waals surface area (Å²) in [7, 11) is 0. The predicted molar refractivity (Wildman–Crippen MR) is 77.7 cm³/mol. The standard InChI is InChI=1S/C12H15N5OS2/c1-8-4-5-19-10(8)6-13-11(18)7-20-12-14-15-16-17(12)9-2-3-9/h4-5,9H,2-3,6-7H2,1H3,(H,13,18). The zero-order valence-corrected chi connectivity index (χ0v) is 12.7. The maximum atomic E-state index is 11.8. The smallest absolute Gasteiger partial charge is 0.230 e. The van der Waals surface area contributed by atoms with E-state index in [1.165, 1.54) is 22.2 Å². The minimum Gasteiger partial charge on any atom is -0.350 e. The molecule has 6 nitrogen and oxygen atoms in total. The molecular weight excluding hydrogens is 294 g/mol. The van der Waals surface area contributed by atoms with Crippen molar-refractivity contribution in [2.45, 2.75) is 37.5 Å². The summed E-state index contributed by atoms with van der Waals surface area (Å²) in [5.41, 5.74) is 1.22. The van der Waals surface area contributed by atoms with Crippen LogP contribution in [0.25, 0.3) is 0 Å². The highest BCUT2D eigenvalue weighted by Gasteiger charge is 2.28. The molecule has 0 unspecified atom stereocenters. The highest BCUT2D eigenvalue weighted by atomic mass is 32.2. The van der Waals surface area contributed by atoms with Crippen molar-refractivity contribution in [1.82, 2.24) is 25.5 Å². The molecule has 20 heavy (non-hydrogen) atoms. The van der Waals surface area contributed by atoms with Crippen molar-refractivity contribution in [1.29, 1.82) is 0 Å². The van der Waals surface area contributed by atoms with Crippen molar-refractivity contribution < 1.29 is 4.79 Å². The maximum absolute atomic E-state index is 11.8. The molecule has 1 amide bonds. The van der Waals surface area contributed by atoms with Gasteiger partial charge in [0.2, 0.25) is 11.1 Å². The number of thioether (sulfide) groups is 1. The van der Waals surface area contributed by atoms with E-state index in [0.717, 1.165) is 18.0 Å². The molecule has 0 bridgehead atoms. The number of tetrazole rings is 1. The number of hydrogen-bond acceptors (Lipinski definition) is 6. The second-order valence-electron chi connectivity index (χ2n) is 4.73. The summed E-state index contributed by atoms with van der Waals surface area (Å²) >= 11 is 3.05. The number of carbonyl (C=O) groups excluding carboxylic acids is 1. The number of nitrogens with one attached hydrogen (secondary N) is 1. The molecule has 1 aliphatic rings. The van der Waals surface area contributed by atoms with Gasteiger partial charge in [-0.05, 0) is 47.2 Å². The lowest BCUT2D eigenvalue weighted by atomic mass is 10.3. The van der Waals surface area contributed by atoms with Gasteiger partial charge < -0.3 is 5.32 Å². The molecule has 0 radical (unpaired) electrons. The van der Waals surface area contributed by atoms with Gasteiger partial charge in [-0.15, -0.1) is 16.4 Å². The van der Waals surface area contributed by atoms with E-state index in [1.54, 1.807) is 11.3 Å². The Morgan fingerprint density at radius 1 is 1.60 bits per heavy atom. The summed E-state index contributed by atoms with van der Waals surface area (Å²) in [5, 5.41) is 17.3. The lowest BCUT2D eigenvalue weighted by Gasteiger charge is -2.04. The molecule has 2 heterocycles. The van der Waals surface area contributed by atoms with Crippen LogP contribution in [0.3, 0.4) is 0 Å². The average Bonchev–Trinajstić information content (AvgIpc) is 3.04. The molecule has 8 heteroatoms. The number of amides is 1. The molecule has 0 aromatic carbocycles. The van der Waals surface area contributed by atoms with Gasteiger partial charge in [-0.1, -0.05) is 11.8 Å². The molecule has 1 saturated carbocycles. The summed E-state index contributed by atoms with van der Waals surface area (Å²) in [6.07, 6.45) is 2.25. The number of aryl methyl sites for hydroxylation is 1. The van der Waals surface area contributed by atoms with Crippen LogP contribution in [0.4, 0.5) is 0 Å². The Morgan fingerprint density at radius 2 is 2.45 bits per heavy atom. The predicted octanol–water partition coefficient (Wildman–Crippen LogP) is 1.79. The zero-order chi connectivity index (χ0) is 13.9. The Bertz CT molecular complexity index is 605. The fourth-order valence-corrected chi connectivity index (χ4v) is 3.39. The number of thiophene rings is 1. The summed E-state index contributed by atoms with van der Waals surface area (Å²) in [4.78, 5) is 13.0. The number of nitrogens with zero attached hydrogens (tertiary/aromatic N) is 4. The summed E-state index contributed by atoms with van der Waals surface area (Å²) in [5.74, 6) is 0.352. The first-order valence-corrected chi connectivity index (χ1v) is 8.31. The van der Waals surface area contributed by atoms with Crippen molar-refractivity contribution >= 4 is 29.0 Å². The lowest BCUT2D eigenvalue weighted by Crippen LogP contribution is -2.24. The third kappa shape index (κ3) is 3.18. The molecule has 0 atom stereocenters. The normalized spacial score (nSPS) is 14.4. The van der Waals surface area contributed by atoms with Gasteiger partial charge in [-0.2, -0.15) is 0 Å². The Balaban J connectivity index is 1.47. The van der Waals surface area contributed by atoms with E-state index < -0.39 is 0 Å². The monoisotopic (exact) mass is 309 g/mol. The number of aromatic nitrogens is 4. The molecule has 0 spiro atoms. The highest BCUT2D eigenvalue weighted by molar-refractivity contribution is 7.99. The molecule has 1 fully saturated rings. The molecule has 2 aromatic rings. The van der Waals surface area contributed by atoms with Gasteiger partial charge >= 0.3 is 0 Å². The second-order valence-corrected chi connectivity index (χ2v) is 6.67. The van der Waals surface area contributed by atoms with Crippen LogP contribution in [0.5, 0.6) is 0 Å². The summed E-state index contributed by atoms with van der Waals surface area (Å²) in [6, 6.07) is 2.49. The van der Waals surface area contributed by atoms with E-state index in [2.05, 4.69) is 33.8 Å². The van der Waals surface area contributed by atoms with Crippen molar-refractivity contribution in [3.63, 3.8) is 0 Å². The van der Waals surface area contributed by atoms with Crippen LogP contribution >= 0.6 is 23.1 Å². The van der Waals surface area contributed by atoms with Crippen molar-refractivity contribution in [3.05, 3.63) is 21.9 Å². The van der Waals surface area contributed by atoms with E-state index in [0.29, 0.717) is 18.3 Å². The Morgan fingerprint density at radius 3 is 3.15 bits per heavy atom. The third-order valence-corrected chi connectivity index (χ3v) is 5.06. The number of rotatable bonds is 6. The quantitative estimate of drug-likeness (QED) is 0.824. The van der Waals surface area contributed by atoms with Crippen LogP contribution in [0.2, 0.25) is 0 Å². The Hall–Kier alpha value is -1.41. The number of hydrogen-bond donors (Lipinski definition) is 1. The minimum atomic E-state index is 0.00754. The molecule has 1 N–H and O–H groups in total. The topological polar surface area (TPSA) is 72.7 Å². The third-order valence-electron chi connectivity index (χ3n) is 3.10. The van der Waals surface area contributed by atoms with Gasteiger partial charge in [0.15, 0.2) is 0 Å². The first-order chi connectivity index (χ1) is 9.74. The summed E-state index contributed by atoms with van der Waals surface area (Å²) in [6.45, 7) is 2.65. The van der Waals surface area contributed by atoms with Gasteiger partial charge in [0.25, 0.3) is 0 Å². The first kappa shape index (κ1) is 13.6. The first-order valence-electron chi connectivity index (χ1n) is 6.44. The van der Waals surface area contributed by atoms with Crippen molar-refractivity contribution in [3.8, 4) is 0 Å². The van der Waals surface area contributed by atoms with Gasteiger partial charge in [0.1, 0.15) is 0 Å². The van der Waals surface area contributed by atoms with Crippen molar-refractivity contribution in [2.24, 2.45) is 0 Å². The van der Waals surface area contributed by atoms with Crippen LogP contribution in [0.1, 0.15) is 29.3 Å². The molecule has 3 rings (SSSR count). The largest absolute Gasteiger partial charge is 0.350 e.